The fraction of sp³-hybridized carbons (Fsp3) is 0.517. The predicted molar refractivity (Wildman–Crippen MR) is 140 cm³/mol. The van der Waals surface area contributed by atoms with Crippen molar-refractivity contribution in [2.45, 2.75) is 71.9 Å². The van der Waals surface area contributed by atoms with Gasteiger partial charge in [-0.3, -0.25) is 4.79 Å². The molecule has 1 amide bonds. The van der Waals surface area contributed by atoms with E-state index in [9.17, 15) is 9.59 Å². The molecule has 2 aromatic rings. The molecule has 0 bridgehead atoms. The molecule has 1 fully saturated rings. The minimum absolute atomic E-state index is 0.00704. The van der Waals surface area contributed by atoms with E-state index >= 15 is 0 Å². The van der Waals surface area contributed by atoms with Crippen LogP contribution in [0.1, 0.15) is 71.0 Å². The SMILES string of the molecule is CCOC(=O)C(C)(C)Oc1ccc(CC(=O)NC(CC(C)C)c2ccccc2N2CCCC2)cc1. The van der Waals surface area contributed by atoms with E-state index in [1.54, 1.807) is 32.9 Å². The molecule has 190 valence electrons. The second kappa shape index (κ2) is 12.1. The summed E-state index contributed by atoms with van der Waals surface area (Å²) in [5, 5.41) is 3.30. The first-order chi connectivity index (χ1) is 16.7. The van der Waals surface area contributed by atoms with E-state index in [1.807, 2.05) is 12.1 Å². The van der Waals surface area contributed by atoms with Crippen molar-refractivity contribution >= 4 is 17.6 Å². The molecule has 1 unspecified atom stereocenters. The molecule has 1 heterocycles. The molecule has 1 aliphatic heterocycles. The van der Waals surface area contributed by atoms with Crippen molar-refractivity contribution < 1.29 is 19.1 Å². The third-order valence-corrected chi connectivity index (χ3v) is 6.23. The maximum absolute atomic E-state index is 13.1. The molecule has 0 saturated carbocycles. The zero-order valence-corrected chi connectivity index (χ0v) is 21.8. The average Bonchev–Trinajstić information content (AvgIpc) is 3.34. The van der Waals surface area contributed by atoms with Gasteiger partial charge in [0.25, 0.3) is 0 Å². The Morgan fingerprint density at radius 3 is 2.31 bits per heavy atom. The van der Waals surface area contributed by atoms with E-state index in [2.05, 4.69) is 48.3 Å². The van der Waals surface area contributed by atoms with Crippen molar-refractivity contribution in [1.29, 1.82) is 0 Å². The molecule has 1 aliphatic rings. The molecular formula is C29H40N2O4. The number of amides is 1. The largest absolute Gasteiger partial charge is 0.476 e. The van der Waals surface area contributed by atoms with Crippen molar-refractivity contribution in [2.75, 3.05) is 24.6 Å². The van der Waals surface area contributed by atoms with Crippen molar-refractivity contribution in [3.05, 3.63) is 59.7 Å². The van der Waals surface area contributed by atoms with Gasteiger partial charge < -0.3 is 19.7 Å². The maximum Gasteiger partial charge on any atom is 0.349 e. The van der Waals surface area contributed by atoms with Crippen LogP contribution in [0.25, 0.3) is 0 Å². The van der Waals surface area contributed by atoms with Crippen molar-refractivity contribution in [2.24, 2.45) is 5.92 Å². The van der Waals surface area contributed by atoms with E-state index in [0.717, 1.165) is 25.1 Å². The molecule has 1 N–H and O–H groups in total. The van der Waals surface area contributed by atoms with E-state index in [1.165, 1.54) is 24.1 Å². The number of anilines is 1. The molecule has 2 aromatic carbocycles. The minimum Gasteiger partial charge on any atom is -0.476 e. The van der Waals surface area contributed by atoms with Gasteiger partial charge in [-0.1, -0.05) is 44.2 Å². The van der Waals surface area contributed by atoms with Gasteiger partial charge in [0.1, 0.15) is 5.75 Å². The highest BCUT2D eigenvalue weighted by molar-refractivity contribution is 5.80. The van der Waals surface area contributed by atoms with Gasteiger partial charge in [0.2, 0.25) is 5.91 Å². The number of carbonyl (C=O) groups is 2. The molecular weight excluding hydrogens is 440 g/mol. The Labute approximate surface area is 210 Å². The molecule has 0 aromatic heterocycles. The lowest BCUT2D eigenvalue weighted by molar-refractivity contribution is -0.158. The van der Waals surface area contributed by atoms with Crippen LogP contribution in [-0.2, 0) is 20.7 Å². The zero-order chi connectivity index (χ0) is 25.4. The van der Waals surface area contributed by atoms with Crippen LogP contribution >= 0.6 is 0 Å². The third kappa shape index (κ3) is 7.48. The Morgan fingerprint density at radius 2 is 1.69 bits per heavy atom. The third-order valence-electron chi connectivity index (χ3n) is 6.23. The van der Waals surface area contributed by atoms with E-state index in [0.29, 0.717) is 18.3 Å². The summed E-state index contributed by atoms with van der Waals surface area (Å²) >= 11 is 0. The van der Waals surface area contributed by atoms with E-state index in [-0.39, 0.29) is 18.4 Å². The molecule has 35 heavy (non-hydrogen) atoms. The van der Waals surface area contributed by atoms with Crippen LogP contribution < -0.4 is 15.0 Å². The first kappa shape index (κ1) is 26.6. The van der Waals surface area contributed by atoms with Gasteiger partial charge in [-0.25, -0.2) is 4.79 Å². The summed E-state index contributed by atoms with van der Waals surface area (Å²) in [6.07, 6.45) is 3.59. The summed E-state index contributed by atoms with van der Waals surface area (Å²) in [5.74, 6) is 0.594. The van der Waals surface area contributed by atoms with Crippen LogP contribution in [0.15, 0.2) is 48.5 Å². The molecule has 1 atom stereocenters. The van der Waals surface area contributed by atoms with Gasteiger partial charge in [0.05, 0.1) is 19.1 Å². The van der Waals surface area contributed by atoms with Crippen LogP contribution in [0, 0.1) is 5.92 Å². The maximum atomic E-state index is 13.1. The lowest BCUT2D eigenvalue weighted by atomic mass is 9.95. The highest BCUT2D eigenvalue weighted by Crippen LogP contribution is 2.32. The Morgan fingerprint density at radius 1 is 1.03 bits per heavy atom. The fourth-order valence-corrected chi connectivity index (χ4v) is 4.51. The van der Waals surface area contributed by atoms with Crippen LogP contribution in [0.3, 0.4) is 0 Å². The lowest BCUT2D eigenvalue weighted by Crippen LogP contribution is -2.39. The molecule has 0 spiro atoms. The summed E-state index contributed by atoms with van der Waals surface area (Å²) < 4.78 is 10.9. The standard InChI is InChI=1S/C29H40N2O4/c1-6-34-28(33)29(4,5)35-23-15-13-22(14-16-23)20-27(32)30-25(19-21(2)3)24-11-7-8-12-26(24)31-17-9-10-18-31/h7-8,11-16,21,25H,6,9-10,17-20H2,1-5H3,(H,30,32). The molecule has 3 rings (SSSR count). The normalized spacial score (nSPS) is 14.6. The minimum atomic E-state index is -1.08. The number of ether oxygens (including phenoxy) is 2. The fourth-order valence-electron chi connectivity index (χ4n) is 4.51. The Hall–Kier alpha value is -3.02. The molecule has 6 nitrogen and oxygen atoms in total. The number of para-hydroxylation sites is 1. The first-order valence-electron chi connectivity index (χ1n) is 12.8. The van der Waals surface area contributed by atoms with Gasteiger partial charge in [0, 0.05) is 18.8 Å². The number of nitrogens with zero attached hydrogens (tertiary/aromatic N) is 1. The Balaban J connectivity index is 1.67. The number of hydrogen-bond donors (Lipinski definition) is 1. The number of esters is 1. The van der Waals surface area contributed by atoms with E-state index in [4.69, 9.17) is 9.47 Å². The van der Waals surface area contributed by atoms with Crippen molar-refractivity contribution in [3.8, 4) is 5.75 Å². The van der Waals surface area contributed by atoms with Gasteiger partial charge in [-0.15, -0.1) is 0 Å². The second-order valence-corrected chi connectivity index (χ2v) is 10.2. The van der Waals surface area contributed by atoms with Crippen molar-refractivity contribution in [3.63, 3.8) is 0 Å². The number of benzene rings is 2. The zero-order valence-electron chi connectivity index (χ0n) is 21.8. The number of nitrogens with one attached hydrogen (secondary N) is 1. The molecule has 0 radical (unpaired) electrons. The Kier molecular flexibility index (Phi) is 9.19. The molecule has 1 saturated heterocycles. The summed E-state index contributed by atoms with van der Waals surface area (Å²) in [4.78, 5) is 27.6. The summed E-state index contributed by atoms with van der Waals surface area (Å²) in [6, 6.07) is 15.7. The lowest BCUT2D eigenvalue weighted by Gasteiger charge is -2.28. The van der Waals surface area contributed by atoms with Gasteiger partial charge in [-0.05, 0) is 75.3 Å². The van der Waals surface area contributed by atoms with E-state index < -0.39 is 11.6 Å². The number of hydrogen-bond acceptors (Lipinski definition) is 5. The summed E-state index contributed by atoms with van der Waals surface area (Å²) in [7, 11) is 0. The van der Waals surface area contributed by atoms with Crippen LogP contribution in [0.5, 0.6) is 5.75 Å². The first-order valence-corrected chi connectivity index (χ1v) is 12.8. The summed E-state index contributed by atoms with van der Waals surface area (Å²) in [5.41, 5.74) is 2.24. The quantitative estimate of drug-likeness (QED) is 0.433. The average molecular weight is 481 g/mol. The topological polar surface area (TPSA) is 67.9 Å². The number of rotatable bonds is 11. The highest BCUT2D eigenvalue weighted by atomic mass is 16.6. The van der Waals surface area contributed by atoms with Crippen LogP contribution in [0.4, 0.5) is 5.69 Å². The molecule has 6 heteroatoms. The van der Waals surface area contributed by atoms with Crippen molar-refractivity contribution in [1.82, 2.24) is 5.32 Å². The monoisotopic (exact) mass is 480 g/mol. The molecule has 0 aliphatic carbocycles. The number of carbonyl (C=O) groups excluding carboxylic acids is 2. The van der Waals surface area contributed by atoms with Gasteiger partial charge in [-0.2, -0.15) is 0 Å². The Bertz CT molecular complexity index is 978. The van der Waals surface area contributed by atoms with Gasteiger partial charge >= 0.3 is 5.97 Å². The smallest absolute Gasteiger partial charge is 0.349 e. The van der Waals surface area contributed by atoms with Crippen LogP contribution in [0.2, 0.25) is 0 Å². The predicted octanol–water partition coefficient (Wildman–Crippen LogP) is 5.45. The summed E-state index contributed by atoms with van der Waals surface area (Å²) in [6.45, 7) is 12.0. The van der Waals surface area contributed by atoms with Gasteiger partial charge in [0.15, 0.2) is 5.60 Å². The highest BCUT2D eigenvalue weighted by Gasteiger charge is 2.31. The second-order valence-electron chi connectivity index (χ2n) is 10.2. The van der Waals surface area contributed by atoms with Crippen LogP contribution in [-0.4, -0.2) is 37.2 Å².